The molecule has 0 spiro atoms. The largest absolute Gasteiger partial charge is 0.495 e. The van der Waals surface area contributed by atoms with Crippen LogP contribution in [0.2, 0.25) is 0 Å². The lowest BCUT2D eigenvalue weighted by Crippen LogP contribution is -1.91. The topological polar surface area (TPSA) is 48.4 Å². The van der Waals surface area contributed by atoms with Crippen LogP contribution >= 0.6 is 11.3 Å². The molecule has 0 saturated heterocycles. The van der Waals surface area contributed by atoms with Gasteiger partial charge in [0.25, 0.3) is 0 Å². The van der Waals surface area contributed by atoms with Crippen LogP contribution in [0.1, 0.15) is 16.6 Å². The fraction of sp³-hybridized carbons (Fsp3) is 0.200. The van der Waals surface area contributed by atoms with E-state index in [4.69, 9.17) is 9.47 Å². The minimum absolute atomic E-state index is 0.0393. The summed E-state index contributed by atoms with van der Waals surface area (Å²) in [5.74, 6) is 1.53. The van der Waals surface area contributed by atoms with Crippen molar-refractivity contribution in [3.63, 3.8) is 0 Å². The Bertz CT molecular complexity index is 762. The Morgan fingerprint density at radius 2 is 1.90 bits per heavy atom. The van der Waals surface area contributed by atoms with E-state index in [1.54, 1.807) is 33.5 Å². The maximum atomic E-state index is 11.6. The van der Waals surface area contributed by atoms with E-state index < -0.39 is 0 Å². The molecule has 2 aromatic heterocycles. The summed E-state index contributed by atoms with van der Waals surface area (Å²) < 4.78 is 12.0. The fourth-order valence-corrected chi connectivity index (χ4v) is 3.45. The average Bonchev–Trinajstić information content (AvgIpc) is 2.89. The molecule has 0 N–H and O–H groups in total. The Labute approximate surface area is 120 Å². The highest BCUT2D eigenvalue weighted by atomic mass is 32.1. The molecule has 5 heteroatoms. The monoisotopic (exact) mass is 287 g/mol. The van der Waals surface area contributed by atoms with Crippen LogP contribution in [0, 0.1) is 0 Å². The van der Waals surface area contributed by atoms with E-state index in [0.717, 1.165) is 32.4 Å². The van der Waals surface area contributed by atoms with Crippen molar-refractivity contribution in [2.45, 2.75) is 6.92 Å². The summed E-state index contributed by atoms with van der Waals surface area (Å²) >= 11 is 1.43. The van der Waals surface area contributed by atoms with E-state index in [0.29, 0.717) is 4.88 Å². The number of rotatable bonds is 3. The van der Waals surface area contributed by atoms with Crippen LogP contribution in [0.15, 0.2) is 24.5 Å². The minimum atomic E-state index is 0.0393. The molecule has 3 aromatic rings. The van der Waals surface area contributed by atoms with Gasteiger partial charge in [0, 0.05) is 28.6 Å². The number of methoxy groups -OCH3 is 2. The molecule has 0 fully saturated rings. The maximum absolute atomic E-state index is 11.6. The van der Waals surface area contributed by atoms with E-state index in [9.17, 15) is 4.79 Å². The second kappa shape index (κ2) is 4.76. The molecule has 0 radical (unpaired) electrons. The van der Waals surface area contributed by atoms with E-state index >= 15 is 0 Å². The normalized spacial score (nSPS) is 10.9. The number of thiophene rings is 1. The van der Waals surface area contributed by atoms with E-state index in [1.807, 2.05) is 12.1 Å². The summed E-state index contributed by atoms with van der Waals surface area (Å²) in [5, 5.41) is 2.70. The van der Waals surface area contributed by atoms with Gasteiger partial charge in [0.15, 0.2) is 5.78 Å². The van der Waals surface area contributed by atoms with E-state index in [-0.39, 0.29) is 5.78 Å². The lowest BCUT2D eigenvalue weighted by Gasteiger charge is -2.11. The summed E-state index contributed by atoms with van der Waals surface area (Å²) in [6.45, 7) is 1.56. The molecule has 102 valence electrons. The number of carbonyl (C=O) groups excluding carboxylic acids is 1. The lowest BCUT2D eigenvalue weighted by molar-refractivity contribution is 0.102. The zero-order chi connectivity index (χ0) is 14.3. The predicted molar refractivity (Wildman–Crippen MR) is 80.2 cm³/mol. The molecular weight excluding hydrogens is 274 g/mol. The second-order valence-electron chi connectivity index (χ2n) is 4.40. The van der Waals surface area contributed by atoms with Crippen LogP contribution in [0.3, 0.4) is 0 Å². The number of hydrogen-bond acceptors (Lipinski definition) is 5. The third kappa shape index (κ3) is 1.74. The van der Waals surface area contributed by atoms with Gasteiger partial charge < -0.3 is 9.47 Å². The highest BCUT2D eigenvalue weighted by Gasteiger charge is 2.19. The standard InChI is InChI=1S/C15H13NO3S/c1-8(17)12-6-10-13(18-2)11-7-16-5-4-9(11)14(19-3)15(10)20-12/h4-7H,1-3H3. The Morgan fingerprint density at radius 1 is 1.15 bits per heavy atom. The summed E-state index contributed by atoms with van der Waals surface area (Å²) in [4.78, 5) is 16.5. The van der Waals surface area contributed by atoms with Crippen molar-refractivity contribution in [1.82, 2.24) is 4.98 Å². The van der Waals surface area contributed by atoms with Gasteiger partial charge >= 0.3 is 0 Å². The van der Waals surface area contributed by atoms with Gasteiger partial charge in [0.2, 0.25) is 0 Å². The molecule has 2 heterocycles. The van der Waals surface area contributed by atoms with Crippen molar-refractivity contribution < 1.29 is 14.3 Å². The third-order valence-corrected chi connectivity index (χ3v) is 4.48. The number of ether oxygens (including phenoxy) is 2. The smallest absolute Gasteiger partial charge is 0.169 e. The average molecular weight is 287 g/mol. The number of nitrogens with zero attached hydrogens (tertiary/aromatic N) is 1. The third-order valence-electron chi connectivity index (χ3n) is 3.25. The zero-order valence-corrected chi connectivity index (χ0v) is 12.2. The van der Waals surface area contributed by atoms with Gasteiger partial charge in [-0.25, -0.2) is 0 Å². The Hall–Kier alpha value is -2.14. The van der Waals surface area contributed by atoms with Gasteiger partial charge in [0.05, 0.1) is 23.8 Å². The Morgan fingerprint density at radius 3 is 2.55 bits per heavy atom. The van der Waals surface area contributed by atoms with Crippen molar-refractivity contribution in [3.05, 3.63) is 29.4 Å². The quantitative estimate of drug-likeness (QED) is 0.690. The molecule has 0 bridgehead atoms. The van der Waals surface area contributed by atoms with Crippen molar-refractivity contribution in [3.8, 4) is 11.5 Å². The highest BCUT2D eigenvalue weighted by Crippen LogP contribution is 2.45. The molecule has 0 aliphatic heterocycles. The number of Topliss-reactive ketones (excluding diaryl/α,β-unsaturated/α-hetero) is 1. The van der Waals surface area contributed by atoms with E-state index in [1.165, 1.54) is 11.3 Å². The highest BCUT2D eigenvalue weighted by molar-refractivity contribution is 7.21. The number of carbonyl (C=O) groups is 1. The number of aromatic nitrogens is 1. The lowest BCUT2D eigenvalue weighted by atomic mass is 10.1. The zero-order valence-electron chi connectivity index (χ0n) is 11.4. The molecule has 3 rings (SSSR count). The summed E-state index contributed by atoms with van der Waals surface area (Å²) in [6, 6.07) is 3.75. The first-order valence-corrected chi connectivity index (χ1v) is 6.91. The maximum Gasteiger partial charge on any atom is 0.169 e. The summed E-state index contributed by atoms with van der Waals surface area (Å²) in [6.07, 6.45) is 3.47. The first-order chi connectivity index (χ1) is 9.67. The second-order valence-corrected chi connectivity index (χ2v) is 5.45. The molecule has 0 amide bonds. The minimum Gasteiger partial charge on any atom is -0.495 e. The van der Waals surface area contributed by atoms with Crippen molar-refractivity contribution in [2.24, 2.45) is 0 Å². The van der Waals surface area contributed by atoms with Gasteiger partial charge in [-0.15, -0.1) is 11.3 Å². The first kappa shape index (κ1) is 12.9. The van der Waals surface area contributed by atoms with Crippen LogP contribution in [0.25, 0.3) is 20.9 Å². The predicted octanol–water partition coefficient (Wildman–Crippen LogP) is 3.67. The molecule has 0 aliphatic rings. The van der Waals surface area contributed by atoms with Crippen molar-refractivity contribution >= 4 is 38.0 Å². The first-order valence-electron chi connectivity index (χ1n) is 6.09. The summed E-state index contributed by atoms with van der Waals surface area (Å²) in [5.41, 5.74) is 0. The van der Waals surface area contributed by atoms with Crippen LogP contribution in [-0.4, -0.2) is 25.0 Å². The molecule has 0 unspecified atom stereocenters. The van der Waals surface area contributed by atoms with Crippen LogP contribution in [-0.2, 0) is 0 Å². The molecule has 20 heavy (non-hydrogen) atoms. The molecule has 0 aliphatic carbocycles. The van der Waals surface area contributed by atoms with Crippen LogP contribution in [0.4, 0.5) is 0 Å². The molecule has 1 aromatic carbocycles. The van der Waals surface area contributed by atoms with Gasteiger partial charge in [-0.05, 0) is 19.1 Å². The van der Waals surface area contributed by atoms with Gasteiger partial charge in [-0.2, -0.15) is 0 Å². The number of ketones is 1. The number of pyridine rings is 1. The van der Waals surface area contributed by atoms with E-state index in [2.05, 4.69) is 4.98 Å². The SMILES string of the molecule is COc1c2cnccc2c(OC)c2sc(C(C)=O)cc12. The summed E-state index contributed by atoms with van der Waals surface area (Å²) in [7, 11) is 3.26. The number of fused-ring (bicyclic) bond motifs is 2. The van der Waals surface area contributed by atoms with Crippen molar-refractivity contribution in [1.29, 1.82) is 0 Å². The van der Waals surface area contributed by atoms with Crippen LogP contribution < -0.4 is 9.47 Å². The van der Waals surface area contributed by atoms with Crippen molar-refractivity contribution in [2.75, 3.05) is 14.2 Å². The fourth-order valence-electron chi connectivity index (χ4n) is 2.37. The van der Waals surface area contributed by atoms with Gasteiger partial charge in [-0.1, -0.05) is 0 Å². The Kier molecular flexibility index (Phi) is 3.06. The molecular formula is C15H13NO3S. The molecule has 0 atom stereocenters. The number of hydrogen-bond donors (Lipinski definition) is 0. The molecule has 4 nitrogen and oxygen atoms in total. The van der Waals surface area contributed by atoms with Crippen LogP contribution in [0.5, 0.6) is 11.5 Å². The van der Waals surface area contributed by atoms with Gasteiger partial charge in [0.1, 0.15) is 11.5 Å². The number of benzene rings is 1. The van der Waals surface area contributed by atoms with Gasteiger partial charge in [-0.3, -0.25) is 9.78 Å². The molecule has 0 saturated carbocycles. The Balaban J connectivity index is 2.54.